The molecular weight excluding hydrogens is 298 g/mol. The fourth-order valence-electron chi connectivity index (χ4n) is 3.83. The summed E-state index contributed by atoms with van der Waals surface area (Å²) in [4.78, 5) is 15.0. The average molecular weight is 323 g/mol. The summed E-state index contributed by atoms with van der Waals surface area (Å²) in [6.07, 6.45) is 1.31. The van der Waals surface area contributed by atoms with Gasteiger partial charge in [-0.25, -0.2) is 0 Å². The summed E-state index contributed by atoms with van der Waals surface area (Å²) in [5.74, 6) is -0.252. The van der Waals surface area contributed by atoms with Gasteiger partial charge >= 0.3 is 0 Å². The van der Waals surface area contributed by atoms with Crippen LogP contribution in [-0.2, 0) is 16.6 Å². The Morgan fingerprint density at radius 3 is 2.50 bits per heavy atom. The molecule has 1 aliphatic rings. The number of nitrogens with two attached hydrogens (primary N) is 1. The second kappa shape index (κ2) is 6.65. The molecule has 1 aliphatic heterocycles. The summed E-state index contributed by atoms with van der Waals surface area (Å²) >= 11 is 0. The molecule has 1 atom stereocenters. The van der Waals surface area contributed by atoms with Gasteiger partial charge in [-0.05, 0) is 56.6 Å². The first-order valence-corrected chi connectivity index (χ1v) is 8.53. The third-order valence-corrected chi connectivity index (χ3v) is 5.07. The van der Waals surface area contributed by atoms with Crippen LogP contribution in [0.5, 0.6) is 0 Å². The zero-order chi connectivity index (χ0) is 17.2. The van der Waals surface area contributed by atoms with Crippen LogP contribution in [0.15, 0.2) is 48.5 Å². The topological polar surface area (TPSA) is 58.4 Å². The molecule has 1 amide bonds. The number of anilines is 2. The molecule has 3 N–H and O–H groups in total. The van der Waals surface area contributed by atoms with Gasteiger partial charge in [0.1, 0.15) is 0 Å². The third kappa shape index (κ3) is 2.57. The zero-order valence-corrected chi connectivity index (χ0v) is 14.4. The number of fused-ring (bicyclic) bond motifs is 2. The Bertz CT molecular complexity index is 743. The minimum Gasteiger partial charge on any atom is -0.369 e. The average Bonchev–Trinajstić information content (AvgIpc) is 2.72. The number of para-hydroxylation sites is 2. The first-order chi connectivity index (χ1) is 11.6. The van der Waals surface area contributed by atoms with Crippen molar-refractivity contribution in [3.05, 3.63) is 59.7 Å². The first kappa shape index (κ1) is 16.5. The maximum absolute atomic E-state index is 12.7. The number of hydrogen-bond donors (Lipinski definition) is 2. The van der Waals surface area contributed by atoms with E-state index in [9.17, 15) is 4.79 Å². The number of rotatable bonds is 5. The summed E-state index contributed by atoms with van der Waals surface area (Å²) < 4.78 is 0. The Balaban J connectivity index is 2.29. The molecule has 0 aromatic heterocycles. The van der Waals surface area contributed by atoms with E-state index in [1.165, 1.54) is 11.3 Å². The summed E-state index contributed by atoms with van der Waals surface area (Å²) in [6, 6.07) is 16.5. The lowest BCUT2D eigenvalue weighted by Crippen LogP contribution is -2.45. The molecule has 0 radical (unpaired) electrons. The van der Waals surface area contributed by atoms with E-state index in [1.807, 2.05) is 25.2 Å². The van der Waals surface area contributed by atoms with Crippen LogP contribution in [0, 0.1) is 0 Å². The Hall–Kier alpha value is -2.33. The Morgan fingerprint density at radius 1 is 1.17 bits per heavy atom. The highest BCUT2D eigenvalue weighted by Gasteiger charge is 2.43. The molecule has 4 heteroatoms. The van der Waals surface area contributed by atoms with Gasteiger partial charge in [0.05, 0.1) is 5.41 Å². The lowest BCUT2D eigenvalue weighted by molar-refractivity contribution is -0.123. The standard InChI is InChI=1S/C20H25N3O/c1-3-23-17-10-6-4-8-15(17)14-20(19(21)24,12-13-22-2)16-9-5-7-11-18(16)23/h4-11,22H,3,12-14H2,1-2H3,(H2,21,24). The number of primary amides is 1. The van der Waals surface area contributed by atoms with Gasteiger partial charge in [-0.1, -0.05) is 36.4 Å². The zero-order valence-electron chi connectivity index (χ0n) is 14.4. The van der Waals surface area contributed by atoms with Crippen LogP contribution in [-0.4, -0.2) is 26.0 Å². The molecule has 0 bridgehead atoms. The van der Waals surface area contributed by atoms with Gasteiger partial charge in [-0.3, -0.25) is 4.79 Å². The highest BCUT2D eigenvalue weighted by molar-refractivity contribution is 5.91. The van der Waals surface area contributed by atoms with Crippen molar-refractivity contribution >= 4 is 17.3 Å². The monoisotopic (exact) mass is 323 g/mol. The molecule has 1 unspecified atom stereocenters. The van der Waals surface area contributed by atoms with Gasteiger partial charge in [0, 0.05) is 17.9 Å². The maximum Gasteiger partial charge on any atom is 0.228 e. The summed E-state index contributed by atoms with van der Waals surface area (Å²) in [7, 11) is 1.91. The number of carbonyl (C=O) groups is 1. The predicted octanol–water partition coefficient (Wildman–Crippen LogP) is 2.73. The number of nitrogens with one attached hydrogen (secondary N) is 1. The molecular formula is C20H25N3O. The van der Waals surface area contributed by atoms with Crippen molar-refractivity contribution in [1.29, 1.82) is 0 Å². The molecule has 0 aliphatic carbocycles. The smallest absolute Gasteiger partial charge is 0.228 e. The fraction of sp³-hybridized carbons (Fsp3) is 0.350. The van der Waals surface area contributed by atoms with Crippen molar-refractivity contribution in [2.24, 2.45) is 5.73 Å². The quantitative estimate of drug-likeness (QED) is 0.889. The lowest BCUT2D eigenvalue weighted by Gasteiger charge is -2.32. The van der Waals surface area contributed by atoms with E-state index < -0.39 is 5.41 Å². The van der Waals surface area contributed by atoms with Gasteiger partial charge in [0.15, 0.2) is 0 Å². The number of amides is 1. The molecule has 0 saturated heterocycles. The number of benzene rings is 2. The van der Waals surface area contributed by atoms with Crippen LogP contribution in [0.1, 0.15) is 24.5 Å². The normalized spacial score (nSPS) is 19.3. The van der Waals surface area contributed by atoms with Crippen LogP contribution < -0.4 is 16.0 Å². The van der Waals surface area contributed by atoms with Crippen molar-refractivity contribution in [3.8, 4) is 0 Å². The molecule has 0 saturated carbocycles. The van der Waals surface area contributed by atoms with E-state index in [-0.39, 0.29) is 5.91 Å². The van der Waals surface area contributed by atoms with Crippen LogP contribution in [0.4, 0.5) is 11.4 Å². The van der Waals surface area contributed by atoms with Gasteiger partial charge in [0.2, 0.25) is 5.91 Å². The third-order valence-electron chi connectivity index (χ3n) is 5.07. The van der Waals surface area contributed by atoms with Gasteiger partial charge < -0.3 is 16.0 Å². The van der Waals surface area contributed by atoms with Gasteiger partial charge in [0.25, 0.3) is 0 Å². The largest absolute Gasteiger partial charge is 0.369 e. The molecule has 1 heterocycles. The van der Waals surface area contributed by atoms with Gasteiger partial charge in [-0.15, -0.1) is 0 Å². The van der Waals surface area contributed by atoms with Crippen LogP contribution in [0.2, 0.25) is 0 Å². The van der Waals surface area contributed by atoms with E-state index in [0.29, 0.717) is 12.8 Å². The highest BCUT2D eigenvalue weighted by atomic mass is 16.1. The number of carbonyl (C=O) groups excluding carboxylic acids is 1. The van der Waals surface area contributed by atoms with Crippen molar-refractivity contribution in [2.45, 2.75) is 25.2 Å². The van der Waals surface area contributed by atoms with Crippen molar-refractivity contribution in [1.82, 2.24) is 5.32 Å². The van der Waals surface area contributed by atoms with E-state index in [1.54, 1.807) is 0 Å². The Labute approximate surface area is 143 Å². The maximum atomic E-state index is 12.7. The summed E-state index contributed by atoms with van der Waals surface area (Å²) in [5.41, 5.74) is 9.75. The second-order valence-electron chi connectivity index (χ2n) is 6.37. The highest BCUT2D eigenvalue weighted by Crippen LogP contribution is 2.45. The molecule has 2 aromatic carbocycles. The second-order valence-corrected chi connectivity index (χ2v) is 6.37. The Morgan fingerprint density at radius 2 is 1.83 bits per heavy atom. The lowest BCUT2D eigenvalue weighted by atomic mass is 9.72. The van der Waals surface area contributed by atoms with Crippen molar-refractivity contribution in [2.75, 3.05) is 25.0 Å². The van der Waals surface area contributed by atoms with E-state index in [4.69, 9.17) is 5.73 Å². The first-order valence-electron chi connectivity index (χ1n) is 8.53. The number of nitrogens with zero attached hydrogens (tertiary/aromatic N) is 1. The van der Waals surface area contributed by atoms with Crippen LogP contribution >= 0.6 is 0 Å². The van der Waals surface area contributed by atoms with Crippen LogP contribution in [0.3, 0.4) is 0 Å². The van der Waals surface area contributed by atoms with Crippen LogP contribution in [0.25, 0.3) is 0 Å². The summed E-state index contributed by atoms with van der Waals surface area (Å²) in [5, 5.41) is 3.17. The van der Waals surface area contributed by atoms with E-state index >= 15 is 0 Å². The Kier molecular flexibility index (Phi) is 4.58. The van der Waals surface area contributed by atoms with Gasteiger partial charge in [-0.2, -0.15) is 0 Å². The molecule has 2 aromatic rings. The van der Waals surface area contributed by atoms with E-state index in [0.717, 1.165) is 24.3 Å². The number of hydrogen-bond acceptors (Lipinski definition) is 3. The SMILES string of the molecule is CCN1c2ccccc2CC(CCNC)(C(N)=O)c2ccccc21. The minimum atomic E-state index is -0.695. The molecule has 0 spiro atoms. The summed E-state index contributed by atoms with van der Waals surface area (Å²) in [6.45, 7) is 3.72. The molecule has 3 rings (SSSR count). The molecule has 24 heavy (non-hydrogen) atoms. The van der Waals surface area contributed by atoms with E-state index in [2.05, 4.69) is 47.5 Å². The van der Waals surface area contributed by atoms with Crippen molar-refractivity contribution < 1.29 is 4.79 Å². The minimum absolute atomic E-state index is 0.252. The predicted molar refractivity (Wildman–Crippen MR) is 98.7 cm³/mol. The fourth-order valence-corrected chi connectivity index (χ4v) is 3.83. The van der Waals surface area contributed by atoms with Crippen molar-refractivity contribution in [3.63, 3.8) is 0 Å². The molecule has 0 fully saturated rings. The molecule has 126 valence electrons. The molecule has 4 nitrogen and oxygen atoms in total.